The van der Waals surface area contributed by atoms with E-state index < -0.39 is 5.92 Å². The molecule has 0 amide bonds. The van der Waals surface area contributed by atoms with Gasteiger partial charge < -0.3 is 4.79 Å². The van der Waals surface area contributed by atoms with Crippen molar-refractivity contribution in [3.63, 3.8) is 0 Å². The molecular weight excluding hydrogens is 560 g/mol. The molecule has 0 N–H and O–H groups in total. The van der Waals surface area contributed by atoms with E-state index in [0.29, 0.717) is 6.42 Å². The number of carbonyl (C=O) groups is 2. The van der Waals surface area contributed by atoms with E-state index in [4.69, 9.17) is 0 Å². The van der Waals surface area contributed by atoms with Crippen molar-refractivity contribution in [3.8, 4) is 0 Å². The van der Waals surface area contributed by atoms with Gasteiger partial charge >= 0.3 is 0 Å². The van der Waals surface area contributed by atoms with Gasteiger partial charge in [0.2, 0.25) is 0 Å². The normalized spacial score (nSPS) is 12.8. The lowest BCUT2D eigenvalue weighted by atomic mass is 9.97. The Balaban J connectivity index is 3.62. The summed E-state index contributed by atoms with van der Waals surface area (Å²) < 4.78 is 0. The van der Waals surface area contributed by atoms with Crippen molar-refractivity contribution < 1.29 is 9.59 Å². The summed E-state index contributed by atoms with van der Waals surface area (Å²) in [6, 6.07) is 0. The lowest BCUT2D eigenvalue weighted by Gasteiger charge is -2.06. The van der Waals surface area contributed by atoms with Crippen LogP contribution in [0.25, 0.3) is 0 Å². The minimum Gasteiger partial charge on any atom is -0.303 e. The molecule has 0 aromatic heterocycles. The molecule has 46 heavy (non-hydrogen) atoms. The van der Waals surface area contributed by atoms with Crippen molar-refractivity contribution in [3.05, 3.63) is 48.6 Å². The van der Waals surface area contributed by atoms with Gasteiger partial charge in [0.15, 0.2) is 5.78 Å². The number of hydrogen-bond acceptors (Lipinski definition) is 2. The summed E-state index contributed by atoms with van der Waals surface area (Å²) in [4.78, 5) is 23.9. The maximum Gasteiger partial charge on any atom is 0.165 e. The van der Waals surface area contributed by atoms with Crippen LogP contribution in [0.4, 0.5) is 0 Å². The zero-order valence-electron chi connectivity index (χ0n) is 31.0. The zero-order valence-corrected chi connectivity index (χ0v) is 31.0. The Morgan fingerprint density at radius 1 is 0.413 bits per heavy atom. The Hall–Kier alpha value is -1.70. The van der Waals surface area contributed by atoms with Crippen LogP contribution in [0.5, 0.6) is 0 Å². The number of rotatable bonds is 37. The smallest absolute Gasteiger partial charge is 0.165 e. The summed E-state index contributed by atoms with van der Waals surface area (Å²) in [7, 11) is 0. The number of aldehydes is 1. The van der Waals surface area contributed by atoms with Crippen LogP contribution < -0.4 is 0 Å². The van der Waals surface area contributed by atoms with Crippen molar-refractivity contribution in [2.45, 2.75) is 213 Å². The second-order valence-corrected chi connectivity index (χ2v) is 13.8. The first-order chi connectivity index (χ1) is 22.8. The highest BCUT2D eigenvalue weighted by Gasteiger charge is 2.13. The Morgan fingerprint density at radius 3 is 1.13 bits per heavy atom. The molecule has 0 aromatic carbocycles. The van der Waals surface area contributed by atoms with E-state index in [9.17, 15) is 9.59 Å². The number of hydrogen-bond donors (Lipinski definition) is 0. The third-order valence-corrected chi connectivity index (χ3v) is 9.32. The molecule has 0 fully saturated rings. The van der Waals surface area contributed by atoms with Gasteiger partial charge in [0, 0.05) is 0 Å². The Morgan fingerprint density at radius 2 is 0.739 bits per heavy atom. The average molecular weight is 639 g/mol. The molecule has 0 heterocycles. The largest absolute Gasteiger partial charge is 0.303 e. The third kappa shape index (κ3) is 35.2. The quantitative estimate of drug-likeness (QED) is 0.0223. The van der Waals surface area contributed by atoms with Crippen molar-refractivity contribution in [1.29, 1.82) is 0 Å². The van der Waals surface area contributed by atoms with Gasteiger partial charge in [-0.1, -0.05) is 236 Å². The van der Waals surface area contributed by atoms with Crippen LogP contribution in [-0.2, 0) is 9.59 Å². The number of allylic oxidation sites excluding steroid dienone is 8. The molecule has 0 aliphatic carbocycles. The van der Waals surface area contributed by atoms with Gasteiger partial charge in [-0.15, -0.1) is 0 Å². The number of ketones is 1. The summed E-state index contributed by atoms with van der Waals surface area (Å²) in [5.41, 5.74) is 0. The standard InChI is InChI=1S/C44H78O2/c1-3-5-7-9-11-13-15-17-19-21-23-25-27-29-31-33-35-37-39-41-44(46)43(42-45)40-38-36-34-32-30-28-26-24-22-20-18-16-14-12-10-8-6-4-2/h27,29,31,33,35,37,39,41-43H,3-26,28,30,32,34,36,38,40H2,1-2H3/b29-27+,33-31+,37-35+,41-39+. The minimum atomic E-state index is -0.486. The summed E-state index contributed by atoms with van der Waals surface area (Å²) >= 11 is 0. The van der Waals surface area contributed by atoms with Gasteiger partial charge in [-0.25, -0.2) is 0 Å². The van der Waals surface area contributed by atoms with E-state index in [2.05, 4.69) is 26.0 Å². The van der Waals surface area contributed by atoms with Gasteiger partial charge in [-0.2, -0.15) is 0 Å². The Kier molecular flexibility index (Phi) is 38.0. The summed E-state index contributed by atoms with van der Waals surface area (Å²) in [5.74, 6) is -0.554. The molecule has 2 heteroatoms. The number of unbranched alkanes of at least 4 members (excludes halogenated alkanes) is 28. The second-order valence-electron chi connectivity index (χ2n) is 13.8. The fraction of sp³-hybridized carbons (Fsp3) is 0.773. The molecule has 0 bridgehead atoms. The fourth-order valence-corrected chi connectivity index (χ4v) is 6.18. The molecule has 0 radical (unpaired) electrons. The van der Waals surface area contributed by atoms with E-state index in [-0.39, 0.29) is 5.78 Å². The topological polar surface area (TPSA) is 34.1 Å². The lowest BCUT2D eigenvalue weighted by Crippen LogP contribution is -2.13. The highest BCUT2D eigenvalue weighted by Crippen LogP contribution is 2.16. The van der Waals surface area contributed by atoms with Gasteiger partial charge in [0.05, 0.1) is 5.92 Å². The Labute approximate surface area is 288 Å². The monoisotopic (exact) mass is 639 g/mol. The minimum absolute atomic E-state index is 0.0672. The molecule has 0 spiro atoms. The molecule has 0 saturated heterocycles. The van der Waals surface area contributed by atoms with Gasteiger partial charge in [0.1, 0.15) is 6.29 Å². The van der Waals surface area contributed by atoms with Crippen LogP contribution in [0.2, 0.25) is 0 Å². The first kappa shape index (κ1) is 44.3. The first-order valence-electron chi connectivity index (χ1n) is 20.4. The van der Waals surface area contributed by atoms with Crippen LogP contribution >= 0.6 is 0 Å². The van der Waals surface area contributed by atoms with Gasteiger partial charge in [-0.3, -0.25) is 4.79 Å². The maximum absolute atomic E-state index is 12.4. The predicted octanol–water partition coefficient (Wildman–Crippen LogP) is 14.7. The summed E-state index contributed by atoms with van der Waals surface area (Å²) in [6.45, 7) is 4.57. The summed E-state index contributed by atoms with van der Waals surface area (Å²) in [6.07, 6.45) is 57.6. The molecule has 0 saturated carbocycles. The Bertz CT molecular complexity index is 743. The van der Waals surface area contributed by atoms with Crippen molar-refractivity contribution in [1.82, 2.24) is 0 Å². The van der Waals surface area contributed by atoms with Crippen molar-refractivity contribution in [2.75, 3.05) is 0 Å². The number of carbonyl (C=O) groups excluding carboxylic acids is 2. The molecule has 2 nitrogen and oxygen atoms in total. The maximum atomic E-state index is 12.4. The van der Waals surface area contributed by atoms with E-state index >= 15 is 0 Å². The van der Waals surface area contributed by atoms with E-state index in [1.54, 1.807) is 12.2 Å². The molecule has 0 aliphatic heterocycles. The van der Waals surface area contributed by atoms with Gasteiger partial charge in [-0.05, 0) is 25.3 Å². The predicted molar refractivity (Wildman–Crippen MR) is 206 cm³/mol. The van der Waals surface area contributed by atoms with Crippen LogP contribution in [-0.4, -0.2) is 12.1 Å². The molecule has 1 atom stereocenters. The van der Waals surface area contributed by atoms with Crippen molar-refractivity contribution in [2.24, 2.45) is 5.92 Å². The van der Waals surface area contributed by atoms with Crippen molar-refractivity contribution >= 4 is 12.1 Å². The lowest BCUT2D eigenvalue weighted by molar-refractivity contribution is -0.124. The van der Waals surface area contributed by atoms with Gasteiger partial charge in [0.25, 0.3) is 0 Å². The summed E-state index contributed by atoms with van der Waals surface area (Å²) in [5, 5.41) is 0. The molecule has 1 unspecified atom stereocenters. The highest BCUT2D eigenvalue weighted by atomic mass is 16.1. The highest BCUT2D eigenvalue weighted by molar-refractivity contribution is 6.00. The van der Waals surface area contributed by atoms with Crippen LogP contribution in [0, 0.1) is 5.92 Å². The fourth-order valence-electron chi connectivity index (χ4n) is 6.18. The molecule has 266 valence electrons. The SMILES string of the molecule is CCCCCCCCCCCCC/C=C/C=C/C=C/C=C/C(=O)C(C=O)CCCCCCCCCCCCCCCCCCCC. The average Bonchev–Trinajstić information content (AvgIpc) is 3.06. The van der Waals surface area contributed by atoms with E-state index in [1.807, 2.05) is 24.3 Å². The second kappa shape index (κ2) is 39.5. The van der Waals surface area contributed by atoms with Crippen LogP contribution in [0.15, 0.2) is 48.6 Å². The third-order valence-electron chi connectivity index (χ3n) is 9.32. The van der Waals surface area contributed by atoms with Crippen LogP contribution in [0.3, 0.4) is 0 Å². The molecular formula is C44H78O2. The zero-order chi connectivity index (χ0) is 33.4. The molecule has 0 rings (SSSR count). The van der Waals surface area contributed by atoms with E-state index in [0.717, 1.165) is 25.5 Å². The molecule has 0 aliphatic rings. The molecule has 0 aromatic rings. The van der Waals surface area contributed by atoms with Crippen LogP contribution in [0.1, 0.15) is 213 Å². The van der Waals surface area contributed by atoms with E-state index in [1.165, 1.54) is 173 Å². The first-order valence-corrected chi connectivity index (χ1v) is 20.4.